The lowest BCUT2D eigenvalue weighted by Gasteiger charge is -2.37. The first-order valence-corrected chi connectivity index (χ1v) is 8.92. The largest absolute Gasteiger partial charge is 0.307 e. The Morgan fingerprint density at radius 3 is 2.65 bits per heavy atom. The molecule has 1 aliphatic rings. The summed E-state index contributed by atoms with van der Waals surface area (Å²) in [7, 11) is 0. The minimum Gasteiger partial charge on any atom is -0.307 e. The van der Waals surface area contributed by atoms with E-state index >= 15 is 0 Å². The summed E-state index contributed by atoms with van der Waals surface area (Å²) < 4.78 is 1.18. The van der Waals surface area contributed by atoms with E-state index in [1.807, 2.05) is 0 Å². The van der Waals surface area contributed by atoms with E-state index in [2.05, 4.69) is 66.3 Å². The lowest BCUT2D eigenvalue weighted by Crippen LogP contribution is -2.42. The molecule has 2 heteroatoms. The summed E-state index contributed by atoms with van der Waals surface area (Å²) in [6.45, 7) is 7.04. The monoisotopic (exact) mass is 337 g/mol. The van der Waals surface area contributed by atoms with Crippen LogP contribution in [-0.4, -0.2) is 6.04 Å². The molecular weight excluding hydrogens is 310 g/mol. The summed E-state index contributed by atoms with van der Waals surface area (Å²) in [6, 6.07) is 9.93. The fourth-order valence-corrected chi connectivity index (χ4v) is 4.01. The molecule has 0 heterocycles. The molecule has 1 aromatic rings. The van der Waals surface area contributed by atoms with E-state index in [0.717, 1.165) is 18.3 Å². The fraction of sp³-hybridized carbons (Fsp3) is 0.667. The smallest absolute Gasteiger partial charge is 0.0320 e. The normalized spacial score (nSPS) is 24.9. The molecule has 0 bridgehead atoms. The molecule has 1 aliphatic carbocycles. The first-order chi connectivity index (χ1) is 9.61. The van der Waals surface area contributed by atoms with Gasteiger partial charge in [-0.25, -0.2) is 0 Å². The van der Waals surface area contributed by atoms with Crippen LogP contribution < -0.4 is 5.32 Å². The van der Waals surface area contributed by atoms with Gasteiger partial charge in [0.1, 0.15) is 0 Å². The van der Waals surface area contributed by atoms with Crippen LogP contribution in [0.1, 0.15) is 64.5 Å². The maximum Gasteiger partial charge on any atom is 0.0320 e. The van der Waals surface area contributed by atoms with E-state index in [1.165, 1.54) is 35.7 Å². The summed E-state index contributed by atoms with van der Waals surface area (Å²) in [5.74, 6) is 1.62. The van der Waals surface area contributed by atoms with Gasteiger partial charge >= 0.3 is 0 Å². The molecule has 0 amide bonds. The quantitative estimate of drug-likeness (QED) is 0.726. The third-order valence-corrected chi connectivity index (χ3v) is 5.24. The zero-order valence-electron chi connectivity index (χ0n) is 13.0. The molecule has 1 N–H and O–H groups in total. The number of rotatable bonds is 5. The maximum absolute atomic E-state index is 3.96. The van der Waals surface area contributed by atoms with Gasteiger partial charge in [0.2, 0.25) is 0 Å². The molecule has 0 radical (unpaired) electrons. The Balaban J connectivity index is 2.08. The second-order valence-corrected chi connectivity index (χ2v) is 7.40. The van der Waals surface area contributed by atoms with E-state index in [-0.39, 0.29) is 0 Å². The van der Waals surface area contributed by atoms with Gasteiger partial charge in [0.05, 0.1) is 0 Å². The second-order valence-electron chi connectivity index (χ2n) is 6.48. The van der Waals surface area contributed by atoms with E-state index < -0.39 is 0 Å². The van der Waals surface area contributed by atoms with Gasteiger partial charge in [0.15, 0.2) is 0 Å². The summed E-state index contributed by atoms with van der Waals surface area (Å²) in [6.07, 6.45) is 6.68. The Morgan fingerprint density at radius 2 is 2.00 bits per heavy atom. The van der Waals surface area contributed by atoms with Crippen molar-refractivity contribution in [1.82, 2.24) is 5.32 Å². The van der Waals surface area contributed by atoms with Crippen molar-refractivity contribution >= 4 is 15.9 Å². The van der Waals surface area contributed by atoms with Crippen LogP contribution in [0.4, 0.5) is 0 Å². The Bertz CT molecular complexity index is 416. The van der Waals surface area contributed by atoms with Gasteiger partial charge in [-0.2, -0.15) is 0 Å². The van der Waals surface area contributed by atoms with Gasteiger partial charge in [-0.1, -0.05) is 61.7 Å². The van der Waals surface area contributed by atoms with E-state index in [0.29, 0.717) is 12.1 Å². The van der Waals surface area contributed by atoms with Crippen LogP contribution in [0.15, 0.2) is 28.7 Å². The summed E-state index contributed by atoms with van der Waals surface area (Å²) in [5.41, 5.74) is 1.41. The minimum atomic E-state index is 0.483. The van der Waals surface area contributed by atoms with Crippen molar-refractivity contribution in [3.8, 4) is 0 Å². The van der Waals surface area contributed by atoms with Crippen molar-refractivity contribution in [2.45, 2.75) is 65.0 Å². The molecule has 20 heavy (non-hydrogen) atoms. The Hall–Kier alpha value is -0.340. The third-order valence-electron chi connectivity index (χ3n) is 4.75. The highest BCUT2D eigenvalue weighted by atomic mass is 79.9. The molecule has 112 valence electrons. The topological polar surface area (TPSA) is 12.0 Å². The van der Waals surface area contributed by atoms with Crippen LogP contribution in [0, 0.1) is 11.8 Å². The van der Waals surface area contributed by atoms with Crippen molar-refractivity contribution in [2.24, 2.45) is 11.8 Å². The molecular formula is C18H28BrN. The molecule has 3 unspecified atom stereocenters. The minimum absolute atomic E-state index is 0.483. The number of halogens is 1. The van der Waals surface area contributed by atoms with E-state index in [9.17, 15) is 0 Å². The highest BCUT2D eigenvalue weighted by molar-refractivity contribution is 9.10. The number of hydrogen-bond acceptors (Lipinski definition) is 1. The van der Waals surface area contributed by atoms with Gasteiger partial charge in [-0.15, -0.1) is 0 Å². The molecule has 1 nitrogen and oxygen atoms in total. The third kappa shape index (κ3) is 4.08. The van der Waals surface area contributed by atoms with Crippen LogP contribution >= 0.6 is 15.9 Å². The molecule has 1 aromatic carbocycles. The predicted octanol–water partition coefficient (Wildman–Crippen LogP) is 5.70. The first-order valence-electron chi connectivity index (χ1n) is 8.13. The standard InChI is InChI=1S/C18H28BrN/c1-4-17(14-8-7-9-15(19)12-14)20-18-11-6-5-10-16(18)13(2)3/h7-9,12-13,16-18,20H,4-6,10-11H2,1-3H3. The summed E-state index contributed by atoms with van der Waals surface area (Å²) in [5, 5.41) is 3.96. The van der Waals surface area contributed by atoms with Crippen LogP contribution in [0.3, 0.4) is 0 Å². The Morgan fingerprint density at radius 1 is 1.25 bits per heavy atom. The SMILES string of the molecule is CCC(NC1CCCCC1C(C)C)c1cccc(Br)c1. The van der Waals surface area contributed by atoms with Crippen molar-refractivity contribution in [3.63, 3.8) is 0 Å². The van der Waals surface area contributed by atoms with E-state index in [1.54, 1.807) is 0 Å². The van der Waals surface area contributed by atoms with Crippen molar-refractivity contribution in [1.29, 1.82) is 0 Å². The zero-order chi connectivity index (χ0) is 14.5. The molecule has 0 aromatic heterocycles. The molecule has 0 aliphatic heterocycles. The molecule has 0 saturated heterocycles. The average Bonchev–Trinajstić information content (AvgIpc) is 2.45. The Labute approximate surface area is 132 Å². The number of benzene rings is 1. The van der Waals surface area contributed by atoms with Gasteiger partial charge in [0, 0.05) is 16.6 Å². The molecule has 1 saturated carbocycles. The molecule has 3 atom stereocenters. The molecule has 1 fully saturated rings. The van der Waals surface area contributed by atoms with Crippen molar-refractivity contribution in [3.05, 3.63) is 34.3 Å². The average molecular weight is 338 g/mol. The Kier molecular flexibility index (Phi) is 6.10. The fourth-order valence-electron chi connectivity index (χ4n) is 3.60. The highest BCUT2D eigenvalue weighted by Crippen LogP contribution is 2.32. The summed E-state index contributed by atoms with van der Waals surface area (Å²) >= 11 is 3.59. The van der Waals surface area contributed by atoms with Gasteiger partial charge in [0.25, 0.3) is 0 Å². The predicted molar refractivity (Wildman–Crippen MR) is 90.9 cm³/mol. The maximum atomic E-state index is 3.96. The lowest BCUT2D eigenvalue weighted by molar-refractivity contribution is 0.191. The second kappa shape index (κ2) is 7.61. The summed E-state index contributed by atoms with van der Waals surface area (Å²) in [4.78, 5) is 0. The van der Waals surface area contributed by atoms with Gasteiger partial charge < -0.3 is 5.32 Å². The van der Waals surface area contributed by atoms with Gasteiger partial charge in [-0.3, -0.25) is 0 Å². The first kappa shape index (κ1) is 16.0. The van der Waals surface area contributed by atoms with E-state index in [4.69, 9.17) is 0 Å². The lowest BCUT2D eigenvalue weighted by atomic mass is 9.77. The molecule has 2 rings (SSSR count). The highest BCUT2D eigenvalue weighted by Gasteiger charge is 2.29. The van der Waals surface area contributed by atoms with Crippen LogP contribution in [-0.2, 0) is 0 Å². The van der Waals surface area contributed by atoms with Crippen molar-refractivity contribution in [2.75, 3.05) is 0 Å². The van der Waals surface area contributed by atoms with Crippen LogP contribution in [0.25, 0.3) is 0 Å². The molecule has 0 spiro atoms. The van der Waals surface area contributed by atoms with Crippen LogP contribution in [0.5, 0.6) is 0 Å². The van der Waals surface area contributed by atoms with Crippen molar-refractivity contribution < 1.29 is 0 Å². The van der Waals surface area contributed by atoms with Gasteiger partial charge in [-0.05, 0) is 48.8 Å². The van der Waals surface area contributed by atoms with Crippen LogP contribution in [0.2, 0.25) is 0 Å². The number of hydrogen-bond donors (Lipinski definition) is 1. The number of nitrogens with one attached hydrogen (secondary N) is 1. The zero-order valence-corrected chi connectivity index (χ0v) is 14.6.